The topological polar surface area (TPSA) is 30.7 Å². The summed E-state index contributed by atoms with van der Waals surface area (Å²) in [5, 5.41) is 7.99. The molecule has 0 atom stereocenters. The van der Waals surface area contributed by atoms with Crippen molar-refractivity contribution >= 4 is 11.6 Å². The van der Waals surface area contributed by atoms with Gasteiger partial charge in [-0.3, -0.25) is 0 Å². The van der Waals surface area contributed by atoms with Crippen LogP contribution in [0.4, 0.5) is 8.78 Å². The molecule has 0 saturated carbocycles. The van der Waals surface area contributed by atoms with E-state index in [4.69, 9.17) is 11.6 Å². The predicted octanol–water partition coefficient (Wildman–Crippen LogP) is 4.26. The molecule has 0 fully saturated rings. The van der Waals surface area contributed by atoms with Gasteiger partial charge in [0.15, 0.2) is 0 Å². The molecule has 0 unspecified atom stereocenters. The van der Waals surface area contributed by atoms with Crippen molar-refractivity contribution in [3.63, 3.8) is 0 Å². The highest BCUT2D eigenvalue weighted by Crippen LogP contribution is 2.27. The van der Waals surface area contributed by atoms with Gasteiger partial charge in [-0.05, 0) is 19.1 Å². The maximum atomic E-state index is 13.5. The van der Waals surface area contributed by atoms with Crippen LogP contribution in [0.5, 0.6) is 0 Å². The summed E-state index contributed by atoms with van der Waals surface area (Å²) < 4.78 is 28.3. The average Bonchev–Trinajstić information content (AvgIpc) is 2.91. The molecule has 1 aromatic heterocycles. The first-order valence-electron chi connectivity index (χ1n) is 6.62. The molecular weight excluding hydrogens is 308 g/mol. The maximum absolute atomic E-state index is 13.5. The molecule has 112 valence electrons. The van der Waals surface area contributed by atoms with Gasteiger partial charge in [0.1, 0.15) is 17.3 Å². The van der Waals surface area contributed by atoms with Crippen LogP contribution in [-0.2, 0) is 5.88 Å². The van der Waals surface area contributed by atoms with Crippen molar-refractivity contribution in [3.8, 4) is 16.9 Å². The molecule has 3 rings (SSSR count). The Bertz CT molecular complexity index is 793. The molecule has 0 amide bonds. The SMILES string of the molecule is Cc1ccc(-c2c(CCl)nnn2-c2cc(F)cc(F)c2)cc1. The van der Waals surface area contributed by atoms with Gasteiger partial charge in [-0.25, -0.2) is 13.5 Å². The second-order valence-corrected chi connectivity index (χ2v) is 5.19. The Morgan fingerprint density at radius 1 is 1.05 bits per heavy atom. The number of nitrogens with zero attached hydrogens (tertiary/aromatic N) is 3. The van der Waals surface area contributed by atoms with Crippen molar-refractivity contribution in [3.05, 3.63) is 65.4 Å². The number of hydrogen-bond donors (Lipinski definition) is 0. The molecule has 6 heteroatoms. The zero-order valence-electron chi connectivity index (χ0n) is 11.7. The van der Waals surface area contributed by atoms with Gasteiger partial charge < -0.3 is 0 Å². The molecule has 0 radical (unpaired) electrons. The number of benzene rings is 2. The third-order valence-corrected chi connectivity index (χ3v) is 3.54. The Morgan fingerprint density at radius 2 is 1.68 bits per heavy atom. The molecule has 0 aliphatic carbocycles. The number of aryl methyl sites for hydroxylation is 1. The summed E-state index contributed by atoms with van der Waals surface area (Å²) in [4.78, 5) is 0. The zero-order valence-corrected chi connectivity index (χ0v) is 12.5. The minimum atomic E-state index is -0.673. The fourth-order valence-electron chi connectivity index (χ4n) is 2.25. The van der Waals surface area contributed by atoms with E-state index in [1.165, 1.54) is 16.8 Å². The van der Waals surface area contributed by atoms with Gasteiger partial charge in [0.05, 0.1) is 17.3 Å². The van der Waals surface area contributed by atoms with Gasteiger partial charge in [-0.15, -0.1) is 16.7 Å². The Balaban J connectivity index is 2.20. The van der Waals surface area contributed by atoms with Crippen LogP contribution in [0, 0.1) is 18.6 Å². The van der Waals surface area contributed by atoms with Gasteiger partial charge in [-0.1, -0.05) is 35.0 Å². The van der Waals surface area contributed by atoms with Crippen LogP contribution in [0.25, 0.3) is 16.9 Å². The van der Waals surface area contributed by atoms with E-state index in [0.29, 0.717) is 11.4 Å². The zero-order chi connectivity index (χ0) is 15.7. The number of rotatable bonds is 3. The van der Waals surface area contributed by atoms with Gasteiger partial charge in [-0.2, -0.15) is 0 Å². The van der Waals surface area contributed by atoms with Crippen LogP contribution in [0.15, 0.2) is 42.5 Å². The van der Waals surface area contributed by atoms with Gasteiger partial charge in [0.25, 0.3) is 0 Å². The molecule has 3 nitrogen and oxygen atoms in total. The number of hydrogen-bond acceptors (Lipinski definition) is 2. The van der Waals surface area contributed by atoms with E-state index in [1.807, 2.05) is 31.2 Å². The highest BCUT2D eigenvalue weighted by Gasteiger charge is 2.16. The van der Waals surface area contributed by atoms with Gasteiger partial charge >= 0.3 is 0 Å². The number of aromatic nitrogens is 3. The largest absolute Gasteiger partial charge is 0.212 e. The van der Waals surface area contributed by atoms with Crippen molar-refractivity contribution in [1.82, 2.24) is 15.0 Å². The average molecular weight is 320 g/mol. The summed E-state index contributed by atoms with van der Waals surface area (Å²) in [6, 6.07) is 10.9. The number of alkyl halides is 1. The van der Waals surface area contributed by atoms with E-state index in [-0.39, 0.29) is 11.6 Å². The molecule has 0 aliphatic rings. The van der Waals surface area contributed by atoms with E-state index in [0.717, 1.165) is 17.2 Å². The summed E-state index contributed by atoms with van der Waals surface area (Å²) in [5.74, 6) is -1.19. The van der Waals surface area contributed by atoms with Crippen molar-refractivity contribution in [1.29, 1.82) is 0 Å². The van der Waals surface area contributed by atoms with E-state index in [2.05, 4.69) is 10.3 Å². The third-order valence-electron chi connectivity index (χ3n) is 3.28. The Kier molecular flexibility index (Phi) is 3.90. The molecular formula is C16H12ClF2N3. The van der Waals surface area contributed by atoms with Crippen molar-refractivity contribution < 1.29 is 8.78 Å². The molecule has 0 N–H and O–H groups in total. The number of halogens is 3. The minimum absolute atomic E-state index is 0.154. The van der Waals surface area contributed by atoms with E-state index >= 15 is 0 Å². The highest BCUT2D eigenvalue weighted by molar-refractivity contribution is 6.17. The lowest BCUT2D eigenvalue weighted by atomic mass is 10.1. The molecule has 0 aliphatic heterocycles. The second kappa shape index (κ2) is 5.85. The molecule has 2 aromatic carbocycles. The quantitative estimate of drug-likeness (QED) is 0.675. The fourth-order valence-corrected chi connectivity index (χ4v) is 2.43. The normalized spacial score (nSPS) is 10.9. The van der Waals surface area contributed by atoms with Crippen LogP contribution in [0.1, 0.15) is 11.3 Å². The lowest BCUT2D eigenvalue weighted by molar-refractivity contribution is 0.579. The minimum Gasteiger partial charge on any atom is -0.212 e. The fraction of sp³-hybridized carbons (Fsp3) is 0.125. The first-order chi connectivity index (χ1) is 10.6. The molecule has 3 aromatic rings. The van der Waals surface area contributed by atoms with Crippen LogP contribution in [0.2, 0.25) is 0 Å². The van der Waals surface area contributed by atoms with Crippen LogP contribution >= 0.6 is 11.6 Å². The molecule has 0 spiro atoms. The first-order valence-corrected chi connectivity index (χ1v) is 7.16. The molecule has 0 saturated heterocycles. The third kappa shape index (κ3) is 2.72. The molecule has 1 heterocycles. The smallest absolute Gasteiger partial charge is 0.128 e. The van der Waals surface area contributed by atoms with E-state index in [1.54, 1.807) is 0 Å². The molecule has 0 bridgehead atoms. The Labute approximate surface area is 131 Å². The predicted molar refractivity (Wildman–Crippen MR) is 81.0 cm³/mol. The summed E-state index contributed by atoms with van der Waals surface area (Å²) in [7, 11) is 0. The Hall–Kier alpha value is -2.27. The van der Waals surface area contributed by atoms with Crippen molar-refractivity contribution in [2.45, 2.75) is 12.8 Å². The van der Waals surface area contributed by atoms with E-state index < -0.39 is 11.6 Å². The van der Waals surface area contributed by atoms with Crippen molar-refractivity contribution in [2.75, 3.05) is 0 Å². The molecule has 22 heavy (non-hydrogen) atoms. The second-order valence-electron chi connectivity index (χ2n) is 4.92. The van der Waals surface area contributed by atoms with Crippen molar-refractivity contribution in [2.24, 2.45) is 0 Å². The van der Waals surface area contributed by atoms with Gasteiger partial charge in [0, 0.05) is 11.6 Å². The first kappa shape index (κ1) is 14.7. The standard InChI is InChI=1S/C16H12ClF2N3/c1-10-2-4-11(5-3-10)16-15(9-17)20-21-22(16)14-7-12(18)6-13(19)8-14/h2-8H,9H2,1H3. The van der Waals surface area contributed by atoms with Crippen LogP contribution < -0.4 is 0 Å². The maximum Gasteiger partial charge on any atom is 0.128 e. The summed E-state index contributed by atoms with van der Waals surface area (Å²) >= 11 is 5.91. The summed E-state index contributed by atoms with van der Waals surface area (Å²) in [6.45, 7) is 1.98. The lowest BCUT2D eigenvalue weighted by Crippen LogP contribution is -2.01. The lowest BCUT2D eigenvalue weighted by Gasteiger charge is -2.08. The highest BCUT2D eigenvalue weighted by atomic mass is 35.5. The Morgan fingerprint density at radius 3 is 2.27 bits per heavy atom. The van der Waals surface area contributed by atoms with Gasteiger partial charge in [0.2, 0.25) is 0 Å². The van der Waals surface area contributed by atoms with Crippen LogP contribution in [0.3, 0.4) is 0 Å². The summed E-state index contributed by atoms with van der Waals surface area (Å²) in [5.41, 5.74) is 3.37. The summed E-state index contributed by atoms with van der Waals surface area (Å²) in [6.07, 6.45) is 0. The monoisotopic (exact) mass is 319 g/mol. The van der Waals surface area contributed by atoms with E-state index in [9.17, 15) is 8.78 Å². The van der Waals surface area contributed by atoms with Crippen LogP contribution in [-0.4, -0.2) is 15.0 Å².